The van der Waals surface area contributed by atoms with Gasteiger partial charge in [-0.3, -0.25) is 4.79 Å². The Morgan fingerprint density at radius 2 is 2.33 bits per heavy atom. The van der Waals surface area contributed by atoms with Crippen LogP contribution >= 0.6 is 11.3 Å². The molecule has 0 aliphatic carbocycles. The molecule has 1 aliphatic rings. The van der Waals surface area contributed by atoms with Gasteiger partial charge >= 0.3 is 0 Å². The van der Waals surface area contributed by atoms with Crippen LogP contribution in [-0.4, -0.2) is 61.0 Å². The Hall–Kier alpha value is -1.34. The summed E-state index contributed by atoms with van der Waals surface area (Å²) in [5, 5.41) is 3.59. The van der Waals surface area contributed by atoms with Crippen LogP contribution in [-0.2, 0) is 0 Å². The predicted molar refractivity (Wildman–Crippen MR) is 74.1 cm³/mol. The van der Waals surface area contributed by atoms with E-state index in [1.165, 1.54) is 11.3 Å². The fourth-order valence-corrected chi connectivity index (χ4v) is 2.89. The maximum atomic E-state index is 12.3. The number of nitrogens with two attached hydrogens (primary N) is 1. The molecule has 2 rings (SSSR count). The number of nitrogens with zero attached hydrogens (tertiary/aromatic N) is 3. The summed E-state index contributed by atoms with van der Waals surface area (Å²) in [5.41, 5.74) is 5.78. The van der Waals surface area contributed by atoms with E-state index in [1.54, 1.807) is 7.05 Å². The number of nitrogens with one attached hydrogen (secondary N) is 1. The minimum absolute atomic E-state index is 0.00384. The lowest BCUT2D eigenvalue weighted by molar-refractivity contribution is 0.0788. The fraction of sp³-hybridized carbons (Fsp3) is 0.636. The number of hydrogen-bond acceptors (Lipinski definition) is 6. The molecule has 0 bridgehead atoms. The Balaban J connectivity index is 2.10. The Morgan fingerprint density at radius 1 is 1.61 bits per heavy atom. The van der Waals surface area contributed by atoms with Gasteiger partial charge in [-0.25, -0.2) is 4.98 Å². The summed E-state index contributed by atoms with van der Waals surface area (Å²) >= 11 is 1.31. The minimum Gasteiger partial charge on any atom is -0.382 e. The average Bonchev–Trinajstić information content (AvgIpc) is 2.94. The van der Waals surface area contributed by atoms with E-state index in [-0.39, 0.29) is 5.91 Å². The zero-order valence-electron chi connectivity index (χ0n) is 10.9. The van der Waals surface area contributed by atoms with E-state index in [1.807, 2.05) is 19.0 Å². The molecule has 1 atom stereocenters. The van der Waals surface area contributed by atoms with Gasteiger partial charge in [0.05, 0.1) is 0 Å². The fourth-order valence-electron chi connectivity index (χ4n) is 2.08. The number of thiazole rings is 1. The maximum Gasteiger partial charge on any atom is 0.267 e. The van der Waals surface area contributed by atoms with Gasteiger partial charge in [0.25, 0.3) is 5.91 Å². The summed E-state index contributed by atoms with van der Waals surface area (Å²) in [7, 11) is 5.85. The van der Waals surface area contributed by atoms with Crippen LogP contribution < -0.4 is 11.1 Å². The first-order chi connectivity index (χ1) is 8.52. The van der Waals surface area contributed by atoms with E-state index in [2.05, 4.69) is 15.2 Å². The quantitative estimate of drug-likeness (QED) is 0.838. The van der Waals surface area contributed by atoms with Crippen molar-refractivity contribution in [1.29, 1.82) is 0 Å². The number of aromatic nitrogens is 1. The molecule has 1 fully saturated rings. The number of carbonyl (C=O) groups excluding carboxylic acids is 1. The second kappa shape index (κ2) is 5.11. The van der Waals surface area contributed by atoms with Gasteiger partial charge in [0, 0.05) is 26.2 Å². The Labute approximate surface area is 111 Å². The van der Waals surface area contributed by atoms with Crippen LogP contribution in [0.2, 0.25) is 0 Å². The Morgan fingerprint density at radius 3 is 2.83 bits per heavy atom. The highest BCUT2D eigenvalue weighted by Gasteiger charge is 2.30. The summed E-state index contributed by atoms with van der Waals surface area (Å²) < 4.78 is 0. The summed E-state index contributed by atoms with van der Waals surface area (Å²) in [6.07, 6.45) is 1.01. The van der Waals surface area contributed by atoms with Crippen LogP contribution in [0.15, 0.2) is 0 Å². The molecular weight excluding hydrogens is 250 g/mol. The normalized spacial score (nSPS) is 19.6. The van der Waals surface area contributed by atoms with Crippen molar-refractivity contribution in [1.82, 2.24) is 14.8 Å². The van der Waals surface area contributed by atoms with Crippen molar-refractivity contribution in [3.63, 3.8) is 0 Å². The molecule has 1 saturated heterocycles. The van der Waals surface area contributed by atoms with E-state index in [0.717, 1.165) is 19.5 Å². The average molecular weight is 269 g/mol. The lowest BCUT2D eigenvalue weighted by atomic mass is 10.2. The van der Waals surface area contributed by atoms with Crippen LogP contribution in [0.4, 0.5) is 10.9 Å². The van der Waals surface area contributed by atoms with Crippen molar-refractivity contribution < 1.29 is 4.79 Å². The van der Waals surface area contributed by atoms with Crippen molar-refractivity contribution in [3.8, 4) is 0 Å². The van der Waals surface area contributed by atoms with E-state index < -0.39 is 0 Å². The highest BCUT2D eigenvalue weighted by molar-refractivity contribution is 7.18. The van der Waals surface area contributed by atoms with Gasteiger partial charge in [-0.05, 0) is 20.5 Å². The summed E-state index contributed by atoms with van der Waals surface area (Å²) in [6.45, 7) is 1.55. The molecule has 18 heavy (non-hydrogen) atoms. The number of amides is 1. The van der Waals surface area contributed by atoms with Gasteiger partial charge in [0.15, 0.2) is 5.13 Å². The van der Waals surface area contributed by atoms with E-state index >= 15 is 0 Å². The summed E-state index contributed by atoms with van der Waals surface area (Å²) in [5.74, 6) is 0.318. The van der Waals surface area contributed by atoms with Gasteiger partial charge in [-0.15, -0.1) is 0 Å². The second-order valence-electron chi connectivity index (χ2n) is 4.64. The van der Waals surface area contributed by atoms with Crippen molar-refractivity contribution >= 4 is 28.2 Å². The van der Waals surface area contributed by atoms with Gasteiger partial charge < -0.3 is 20.9 Å². The van der Waals surface area contributed by atoms with Crippen molar-refractivity contribution in [3.05, 3.63) is 4.88 Å². The molecular formula is C11H19N5OS. The Bertz CT molecular complexity index is 445. The third-order valence-corrected chi connectivity index (χ3v) is 4.32. The number of nitrogen functional groups attached to an aromatic ring is 1. The standard InChI is InChI=1S/C11H19N5OS/c1-13-11-14-9(12)8(18-11)10(17)16-5-4-7(6-16)15(2)3/h7H,4-6,12H2,1-3H3,(H,13,14). The third-order valence-electron chi connectivity index (χ3n) is 3.24. The molecule has 1 unspecified atom stereocenters. The number of carbonyl (C=O) groups is 1. The Kier molecular flexibility index (Phi) is 3.72. The molecule has 1 aromatic heterocycles. The van der Waals surface area contributed by atoms with Crippen LogP contribution in [0, 0.1) is 0 Å². The number of anilines is 2. The molecule has 0 aromatic carbocycles. The monoisotopic (exact) mass is 269 g/mol. The highest BCUT2D eigenvalue weighted by Crippen LogP contribution is 2.27. The maximum absolute atomic E-state index is 12.3. The smallest absolute Gasteiger partial charge is 0.267 e. The number of likely N-dealkylation sites (tertiary alicyclic amines) is 1. The van der Waals surface area contributed by atoms with Crippen LogP contribution in [0.1, 0.15) is 16.1 Å². The first-order valence-electron chi connectivity index (χ1n) is 5.92. The van der Waals surface area contributed by atoms with Gasteiger partial charge in [0.2, 0.25) is 0 Å². The molecule has 1 amide bonds. The molecule has 2 heterocycles. The largest absolute Gasteiger partial charge is 0.382 e. The second-order valence-corrected chi connectivity index (χ2v) is 5.64. The molecule has 6 nitrogen and oxygen atoms in total. The van der Waals surface area contributed by atoms with Crippen LogP contribution in [0.3, 0.4) is 0 Å². The number of hydrogen-bond donors (Lipinski definition) is 2. The van der Waals surface area contributed by atoms with Crippen molar-refractivity contribution in [2.45, 2.75) is 12.5 Å². The first kappa shape index (κ1) is 13.1. The molecule has 7 heteroatoms. The van der Waals surface area contributed by atoms with Gasteiger partial charge in [-0.2, -0.15) is 0 Å². The molecule has 3 N–H and O–H groups in total. The minimum atomic E-state index is -0.00384. The van der Waals surface area contributed by atoms with Crippen molar-refractivity contribution in [2.75, 3.05) is 45.3 Å². The van der Waals surface area contributed by atoms with Crippen LogP contribution in [0.5, 0.6) is 0 Å². The molecule has 100 valence electrons. The van der Waals surface area contributed by atoms with E-state index in [4.69, 9.17) is 5.73 Å². The molecule has 1 aliphatic heterocycles. The first-order valence-corrected chi connectivity index (χ1v) is 6.74. The molecule has 0 radical (unpaired) electrons. The zero-order chi connectivity index (χ0) is 13.3. The summed E-state index contributed by atoms with van der Waals surface area (Å²) in [4.78, 5) is 21.0. The van der Waals surface area contributed by atoms with E-state index in [0.29, 0.717) is 21.9 Å². The summed E-state index contributed by atoms with van der Waals surface area (Å²) in [6, 6.07) is 0.437. The molecule has 0 spiro atoms. The number of rotatable bonds is 3. The van der Waals surface area contributed by atoms with Crippen molar-refractivity contribution in [2.24, 2.45) is 0 Å². The molecule has 0 saturated carbocycles. The lowest BCUT2D eigenvalue weighted by Gasteiger charge is -2.20. The van der Waals surface area contributed by atoms with Gasteiger partial charge in [-0.1, -0.05) is 11.3 Å². The topological polar surface area (TPSA) is 74.5 Å². The van der Waals surface area contributed by atoms with E-state index in [9.17, 15) is 4.79 Å². The molecule has 1 aromatic rings. The lowest BCUT2D eigenvalue weighted by Crippen LogP contribution is -2.34. The predicted octanol–water partition coefficient (Wildman–Crippen LogP) is 0.543. The zero-order valence-corrected chi connectivity index (χ0v) is 11.8. The third kappa shape index (κ3) is 2.41. The SMILES string of the molecule is CNc1nc(N)c(C(=O)N2CCC(N(C)C)C2)s1. The highest BCUT2D eigenvalue weighted by atomic mass is 32.1. The van der Waals surface area contributed by atoms with Gasteiger partial charge in [0.1, 0.15) is 10.7 Å². The number of likely N-dealkylation sites (N-methyl/N-ethyl adjacent to an activating group) is 1. The van der Waals surface area contributed by atoms with Crippen LogP contribution in [0.25, 0.3) is 0 Å².